The molecule has 0 fully saturated rings. The lowest BCUT2D eigenvalue weighted by molar-refractivity contribution is -0.151. The fourth-order valence-corrected chi connectivity index (χ4v) is 1.17. The van der Waals surface area contributed by atoms with Crippen LogP contribution in [0, 0.1) is 5.92 Å². The summed E-state index contributed by atoms with van der Waals surface area (Å²) in [6.07, 6.45) is -0.307. The predicted molar refractivity (Wildman–Crippen MR) is 68.7 cm³/mol. The van der Waals surface area contributed by atoms with E-state index >= 15 is 0 Å². The lowest BCUT2D eigenvalue weighted by Gasteiger charge is -2.19. The highest BCUT2D eigenvalue weighted by Crippen LogP contribution is 2.01. The highest BCUT2D eigenvalue weighted by atomic mass is 16.5. The molecule has 0 saturated carbocycles. The number of aliphatic carboxylic acids is 1. The summed E-state index contributed by atoms with van der Waals surface area (Å²) in [4.78, 5) is 34.7. The van der Waals surface area contributed by atoms with Gasteiger partial charge >= 0.3 is 18.0 Å². The first-order valence-electron chi connectivity index (χ1n) is 6.15. The van der Waals surface area contributed by atoms with E-state index in [2.05, 4.69) is 5.32 Å². The van der Waals surface area contributed by atoms with Crippen molar-refractivity contribution in [3.63, 3.8) is 0 Å². The Morgan fingerprint density at radius 1 is 1.26 bits per heavy atom. The number of nitrogens with one attached hydrogen (secondary N) is 1. The van der Waals surface area contributed by atoms with Gasteiger partial charge in [-0.05, 0) is 13.8 Å². The summed E-state index contributed by atoms with van der Waals surface area (Å²) in [7, 11) is 1.50. The molecule has 2 amide bonds. The molecule has 0 aliphatic rings. The number of rotatable bonds is 7. The molecule has 0 aromatic carbocycles. The first-order valence-corrected chi connectivity index (χ1v) is 6.15. The lowest BCUT2D eigenvalue weighted by atomic mass is 10.2. The van der Waals surface area contributed by atoms with E-state index in [1.165, 1.54) is 11.9 Å². The number of carboxylic acids is 1. The first kappa shape index (κ1) is 17.2. The van der Waals surface area contributed by atoms with Gasteiger partial charge in [0.15, 0.2) is 0 Å². The molecule has 110 valence electrons. The second kappa shape index (κ2) is 8.34. The molecule has 0 aromatic rings. The molecule has 0 aliphatic carbocycles. The van der Waals surface area contributed by atoms with Crippen molar-refractivity contribution in [2.45, 2.75) is 33.3 Å². The molecular weight excluding hydrogens is 252 g/mol. The molecule has 0 aromatic heterocycles. The van der Waals surface area contributed by atoms with Gasteiger partial charge in [-0.2, -0.15) is 0 Å². The van der Waals surface area contributed by atoms with E-state index in [4.69, 9.17) is 9.84 Å². The van der Waals surface area contributed by atoms with Crippen molar-refractivity contribution in [3.8, 4) is 0 Å². The second-order valence-corrected chi connectivity index (χ2v) is 4.64. The normalized spacial score (nSPS) is 11.8. The number of carboxylic acid groups (broad SMARTS) is 1. The van der Waals surface area contributed by atoms with Gasteiger partial charge in [0.05, 0.1) is 18.4 Å². The third kappa shape index (κ3) is 8.01. The van der Waals surface area contributed by atoms with Gasteiger partial charge in [-0.1, -0.05) is 6.92 Å². The van der Waals surface area contributed by atoms with E-state index in [0.717, 1.165) is 0 Å². The van der Waals surface area contributed by atoms with Crippen LogP contribution in [0.5, 0.6) is 0 Å². The van der Waals surface area contributed by atoms with Crippen LogP contribution in [0.1, 0.15) is 27.2 Å². The molecule has 0 heterocycles. The van der Waals surface area contributed by atoms with Crippen LogP contribution >= 0.6 is 0 Å². The van der Waals surface area contributed by atoms with Gasteiger partial charge in [0.25, 0.3) is 0 Å². The minimum Gasteiger partial charge on any atom is -0.481 e. The van der Waals surface area contributed by atoms with Crippen molar-refractivity contribution in [2.75, 3.05) is 20.1 Å². The molecule has 0 radical (unpaired) electrons. The molecule has 0 aliphatic heterocycles. The van der Waals surface area contributed by atoms with Crippen LogP contribution in [-0.4, -0.2) is 54.2 Å². The van der Waals surface area contributed by atoms with Gasteiger partial charge in [0, 0.05) is 20.1 Å². The number of hydrogen-bond donors (Lipinski definition) is 2. The molecular formula is C12H22N2O5. The summed E-state index contributed by atoms with van der Waals surface area (Å²) in [5, 5.41) is 11.1. The van der Waals surface area contributed by atoms with E-state index in [-0.39, 0.29) is 31.6 Å². The summed E-state index contributed by atoms with van der Waals surface area (Å²) in [6, 6.07) is -0.412. The Kier molecular flexibility index (Phi) is 7.55. The molecule has 19 heavy (non-hydrogen) atoms. The smallest absolute Gasteiger partial charge is 0.317 e. The molecule has 7 nitrogen and oxygen atoms in total. The largest absolute Gasteiger partial charge is 0.481 e. The van der Waals surface area contributed by atoms with Gasteiger partial charge in [-0.3, -0.25) is 9.59 Å². The van der Waals surface area contributed by atoms with Gasteiger partial charge in [-0.25, -0.2) is 4.79 Å². The van der Waals surface area contributed by atoms with Gasteiger partial charge < -0.3 is 20.1 Å². The summed E-state index contributed by atoms with van der Waals surface area (Å²) in [5.41, 5.74) is 0. The van der Waals surface area contributed by atoms with Crippen molar-refractivity contribution in [1.82, 2.24) is 10.2 Å². The summed E-state index contributed by atoms with van der Waals surface area (Å²) in [6.45, 7) is 5.43. The van der Waals surface area contributed by atoms with Crippen LogP contribution in [-0.2, 0) is 14.3 Å². The van der Waals surface area contributed by atoms with Gasteiger partial charge in [0.2, 0.25) is 0 Å². The van der Waals surface area contributed by atoms with E-state index in [9.17, 15) is 14.4 Å². The zero-order valence-electron chi connectivity index (χ0n) is 11.8. The average molecular weight is 274 g/mol. The van der Waals surface area contributed by atoms with Crippen LogP contribution < -0.4 is 5.32 Å². The zero-order chi connectivity index (χ0) is 15.0. The maximum atomic E-state index is 11.6. The lowest BCUT2D eigenvalue weighted by Crippen LogP contribution is -2.41. The standard InChI is InChI=1S/C12H22N2O5/c1-8(2)19-11(17)9(3)7-13-12(18)14(4)6-5-10(15)16/h8-9H,5-7H2,1-4H3,(H,13,18)(H,15,16). The van der Waals surface area contributed by atoms with Crippen LogP contribution in [0.25, 0.3) is 0 Å². The Hall–Kier alpha value is -1.79. The van der Waals surface area contributed by atoms with Crippen LogP contribution in [0.15, 0.2) is 0 Å². The minimum atomic E-state index is -0.964. The number of esters is 1. The first-order chi connectivity index (χ1) is 8.73. The van der Waals surface area contributed by atoms with Crippen molar-refractivity contribution in [2.24, 2.45) is 5.92 Å². The van der Waals surface area contributed by atoms with Crippen molar-refractivity contribution < 1.29 is 24.2 Å². The topological polar surface area (TPSA) is 95.9 Å². The maximum absolute atomic E-state index is 11.6. The fraction of sp³-hybridized carbons (Fsp3) is 0.750. The molecule has 1 atom stereocenters. The molecule has 0 rings (SSSR count). The zero-order valence-corrected chi connectivity index (χ0v) is 11.8. The van der Waals surface area contributed by atoms with Crippen LogP contribution in [0.3, 0.4) is 0 Å². The third-order valence-electron chi connectivity index (χ3n) is 2.32. The van der Waals surface area contributed by atoms with E-state index in [1.54, 1.807) is 20.8 Å². The Bertz CT molecular complexity index is 330. The SMILES string of the molecule is CC(C)OC(=O)C(C)CNC(=O)N(C)CCC(=O)O. The van der Waals surface area contributed by atoms with Gasteiger partial charge in [0.1, 0.15) is 0 Å². The quantitative estimate of drug-likeness (QED) is 0.666. The Balaban J connectivity index is 4.00. The van der Waals surface area contributed by atoms with Gasteiger partial charge in [-0.15, -0.1) is 0 Å². The molecule has 7 heteroatoms. The number of nitrogens with zero attached hydrogens (tertiary/aromatic N) is 1. The van der Waals surface area contributed by atoms with E-state index in [0.29, 0.717) is 0 Å². The number of carbonyl (C=O) groups excluding carboxylic acids is 2. The third-order valence-corrected chi connectivity index (χ3v) is 2.32. The highest BCUT2D eigenvalue weighted by Gasteiger charge is 2.18. The summed E-state index contributed by atoms with van der Waals surface area (Å²) < 4.78 is 5.00. The predicted octanol–water partition coefficient (Wildman–Crippen LogP) is 0.690. The van der Waals surface area contributed by atoms with Crippen molar-refractivity contribution >= 4 is 18.0 Å². The molecule has 1 unspecified atom stereocenters. The van der Waals surface area contributed by atoms with E-state index < -0.39 is 17.9 Å². The molecule has 0 bridgehead atoms. The van der Waals surface area contributed by atoms with Crippen molar-refractivity contribution in [1.29, 1.82) is 0 Å². The maximum Gasteiger partial charge on any atom is 0.317 e. The highest BCUT2D eigenvalue weighted by molar-refractivity contribution is 5.77. The Morgan fingerprint density at radius 2 is 1.84 bits per heavy atom. The number of hydrogen-bond acceptors (Lipinski definition) is 4. The molecule has 0 spiro atoms. The number of urea groups is 1. The Morgan fingerprint density at radius 3 is 2.32 bits per heavy atom. The summed E-state index contributed by atoms with van der Waals surface area (Å²) in [5.74, 6) is -1.78. The minimum absolute atomic E-state index is 0.116. The monoisotopic (exact) mass is 274 g/mol. The second-order valence-electron chi connectivity index (χ2n) is 4.64. The van der Waals surface area contributed by atoms with Crippen molar-refractivity contribution in [3.05, 3.63) is 0 Å². The fourth-order valence-electron chi connectivity index (χ4n) is 1.17. The van der Waals surface area contributed by atoms with Crippen LogP contribution in [0.4, 0.5) is 4.79 Å². The molecule has 0 saturated heterocycles. The Labute approximate surface area is 112 Å². The summed E-state index contributed by atoms with van der Waals surface area (Å²) >= 11 is 0. The van der Waals surface area contributed by atoms with Crippen LogP contribution in [0.2, 0.25) is 0 Å². The van der Waals surface area contributed by atoms with E-state index in [1.807, 2.05) is 0 Å². The number of amides is 2. The molecule has 2 N–H and O–H groups in total. The number of ether oxygens (including phenoxy) is 1. The average Bonchev–Trinajstić information content (AvgIpc) is 2.31. The number of carbonyl (C=O) groups is 3.